The number of ether oxygens (including phenoxy) is 1. The van der Waals surface area contributed by atoms with Crippen molar-refractivity contribution in [2.75, 3.05) is 31.2 Å². The molecule has 3 heterocycles. The molecule has 27 heavy (non-hydrogen) atoms. The summed E-state index contributed by atoms with van der Waals surface area (Å²) in [6.07, 6.45) is 1.76. The second kappa shape index (κ2) is 7.74. The first-order valence-electron chi connectivity index (χ1n) is 9.03. The molecule has 0 amide bonds. The summed E-state index contributed by atoms with van der Waals surface area (Å²) >= 11 is 3.58. The van der Waals surface area contributed by atoms with Crippen molar-refractivity contribution in [1.29, 1.82) is 0 Å². The quantitative estimate of drug-likeness (QED) is 0.547. The van der Waals surface area contributed by atoms with Gasteiger partial charge in [0.05, 0.1) is 29.6 Å². The number of hydrogen-bond acceptors (Lipinski definition) is 4. The van der Waals surface area contributed by atoms with Crippen molar-refractivity contribution in [3.05, 3.63) is 64.1 Å². The van der Waals surface area contributed by atoms with Gasteiger partial charge in [-0.05, 0) is 66.2 Å². The highest BCUT2D eigenvalue weighted by Crippen LogP contribution is 2.30. The lowest BCUT2D eigenvalue weighted by Crippen LogP contribution is -2.36. The van der Waals surface area contributed by atoms with Gasteiger partial charge in [-0.25, -0.2) is 0 Å². The average Bonchev–Trinajstić information content (AvgIpc) is 3.23. The summed E-state index contributed by atoms with van der Waals surface area (Å²) in [5.74, 6) is 1.57. The smallest absolute Gasteiger partial charge is 0.210 e. The van der Waals surface area contributed by atoms with Crippen LogP contribution in [-0.4, -0.2) is 37.1 Å². The van der Waals surface area contributed by atoms with E-state index in [1.54, 1.807) is 6.21 Å². The van der Waals surface area contributed by atoms with E-state index in [0.29, 0.717) is 0 Å². The molecular weight excluding hydrogens is 406 g/mol. The number of anilines is 1. The number of rotatable bonds is 4. The summed E-state index contributed by atoms with van der Waals surface area (Å²) in [5.41, 5.74) is 4.48. The number of furan rings is 1. The summed E-state index contributed by atoms with van der Waals surface area (Å²) in [5, 5.41) is 0. The van der Waals surface area contributed by atoms with Crippen LogP contribution in [0.25, 0.3) is 5.69 Å². The minimum atomic E-state index is 0.725. The maximum absolute atomic E-state index is 5.96. The van der Waals surface area contributed by atoms with Crippen molar-refractivity contribution in [3.8, 4) is 5.69 Å². The first-order chi connectivity index (χ1) is 13.1. The van der Waals surface area contributed by atoms with E-state index in [2.05, 4.69) is 68.5 Å². The molecule has 0 atom stereocenters. The van der Waals surface area contributed by atoms with Crippen LogP contribution < -0.4 is 4.90 Å². The van der Waals surface area contributed by atoms with Gasteiger partial charge in [-0.1, -0.05) is 0 Å². The first kappa shape index (κ1) is 18.1. The van der Waals surface area contributed by atoms with Gasteiger partial charge in [0.2, 0.25) is 5.88 Å². The van der Waals surface area contributed by atoms with Gasteiger partial charge in [-0.3, -0.25) is 4.99 Å². The van der Waals surface area contributed by atoms with Crippen molar-refractivity contribution in [1.82, 2.24) is 4.57 Å². The molecule has 1 fully saturated rings. The van der Waals surface area contributed by atoms with E-state index in [1.165, 1.54) is 11.4 Å². The summed E-state index contributed by atoms with van der Waals surface area (Å²) < 4.78 is 14.5. The zero-order valence-corrected chi connectivity index (χ0v) is 17.1. The molecule has 1 aromatic carbocycles. The van der Waals surface area contributed by atoms with Gasteiger partial charge >= 0.3 is 0 Å². The standard InChI is InChI=1S/C21H22BrN3O2/c1-15-3-4-16(2)25(15)18-7-5-17(6-8-18)23-14-19-13-20(22)21(27-19)24-9-11-26-12-10-24/h3-8,13-14H,9-12H2,1-2H3. The fourth-order valence-corrected chi connectivity index (χ4v) is 3.88. The number of nitrogens with zero attached hydrogens (tertiary/aromatic N) is 3. The Morgan fingerprint density at radius 3 is 2.33 bits per heavy atom. The Hall–Kier alpha value is -2.31. The lowest BCUT2D eigenvalue weighted by Gasteiger charge is -2.26. The van der Waals surface area contributed by atoms with Crippen LogP contribution in [0.15, 0.2) is 56.3 Å². The highest BCUT2D eigenvalue weighted by atomic mass is 79.9. The maximum atomic E-state index is 5.96. The zero-order valence-electron chi connectivity index (χ0n) is 15.5. The van der Waals surface area contributed by atoms with Gasteiger partial charge in [0.1, 0.15) is 5.76 Å². The Kier molecular flexibility index (Phi) is 5.18. The van der Waals surface area contributed by atoms with E-state index in [1.807, 2.05) is 18.2 Å². The predicted octanol–water partition coefficient (Wildman–Crippen LogP) is 5.04. The number of aryl methyl sites for hydroxylation is 2. The number of halogens is 1. The highest BCUT2D eigenvalue weighted by molar-refractivity contribution is 9.10. The molecule has 0 bridgehead atoms. The highest BCUT2D eigenvalue weighted by Gasteiger charge is 2.18. The third kappa shape index (κ3) is 3.87. The SMILES string of the molecule is Cc1ccc(C)n1-c1ccc(N=Cc2cc(Br)c(N3CCOCC3)o2)cc1. The molecule has 140 valence electrons. The Morgan fingerprint density at radius 2 is 1.67 bits per heavy atom. The molecular formula is C21H22BrN3O2. The topological polar surface area (TPSA) is 42.9 Å². The predicted molar refractivity (Wildman–Crippen MR) is 112 cm³/mol. The molecule has 6 heteroatoms. The fraction of sp³-hybridized carbons (Fsp3) is 0.286. The molecule has 3 aromatic rings. The van der Waals surface area contributed by atoms with E-state index in [-0.39, 0.29) is 0 Å². The van der Waals surface area contributed by atoms with E-state index in [9.17, 15) is 0 Å². The average molecular weight is 428 g/mol. The summed E-state index contributed by atoms with van der Waals surface area (Å²) in [7, 11) is 0. The van der Waals surface area contributed by atoms with Crippen LogP contribution in [0.2, 0.25) is 0 Å². The third-order valence-electron chi connectivity index (χ3n) is 4.71. The Balaban J connectivity index is 1.50. The molecule has 0 unspecified atom stereocenters. The van der Waals surface area contributed by atoms with Gasteiger partial charge in [0, 0.05) is 36.2 Å². The second-order valence-corrected chi connectivity index (χ2v) is 7.48. The number of aromatic nitrogens is 1. The molecule has 4 rings (SSSR count). The molecule has 0 N–H and O–H groups in total. The van der Waals surface area contributed by atoms with Crippen LogP contribution in [0.1, 0.15) is 17.1 Å². The number of aliphatic imine (C=N–C) groups is 1. The summed E-state index contributed by atoms with van der Waals surface area (Å²) in [6, 6.07) is 14.4. The second-order valence-electron chi connectivity index (χ2n) is 6.63. The number of morpholine rings is 1. The third-order valence-corrected chi connectivity index (χ3v) is 5.27. The summed E-state index contributed by atoms with van der Waals surface area (Å²) in [4.78, 5) is 6.73. The van der Waals surface area contributed by atoms with Crippen LogP contribution >= 0.6 is 15.9 Å². The summed E-state index contributed by atoms with van der Waals surface area (Å²) in [6.45, 7) is 7.34. The number of hydrogen-bond donors (Lipinski definition) is 0. The van der Waals surface area contributed by atoms with Crippen LogP contribution in [0.5, 0.6) is 0 Å². The molecule has 1 saturated heterocycles. The molecule has 1 aliphatic rings. The van der Waals surface area contributed by atoms with Crippen molar-refractivity contribution < 1.29 is 9.15 Å². The molecule has 0 saturated carbocycles. The lowest BCUT2D eigenvalue weighted by atomic mass is 10.2. The van der Waals surface area contributed by atoms with Gasteiger partial charge in [0.15, 0.2) is 0 Å². The largest absolute Gasteiger partial charge is 0.438 e. The van der Waals surface area contributed by atoms with Gasteiger partial charge < -0.3 is 18.6 Å². The van der Waals surface area contributed by atoms with Crippen LogP contribution in [0.4, 0.5) is 11.6 Å². The molecule has 0 aliphatic carbocycles. The van der Waals surface area contributed by atoms with Gasteiger partial charge in [-0.2, -0.15) is 0 Å². The monoisotopic (exact) mass is 427 g/mol. The Bertz CT molecular complexity index is 931. The Morgan fingerprint density at radius 1 is 1.00 bits per heavy atom. The molecule has 0 spiro atoms. The van der Waals surface area contributed by atoms with Crippen molar-refractivity contribution >= 4 is 33.7 Å². The van der Waals surface area contributed by atoms with Crippen molar-refractivity contribution in [2.45, 2.75) is 13.8 Å². The normalized spacial score (nSPS) is 15.0. The van der Waals surface area contributed by atoms with Crippen molar-refractivity contribution in [2.24, 2.45) is 4.99 Å². The van der Waals surface area contributed by atoms with E-state index in [4.69, 9.17) is 9.15 Å². The number of benzene rings is 1. The van der Waals surface area contributed by atoms with Crippen LogP contribution in [0, 0.1) is 13.8 Å². The van der Waals surface area contributed by atoms with Crippen LogP contribution in [-0.2, 0) is 4.74 Å². The van der Waals surface area contributed by atoms with E-state index >= 15 is 0 Å². The maximum Gasteiger partial charge on any atom is 0.210 e. The van der Waals surface area contributed by atoms with E-state index < -0.39 is 0 Å². The molecule has 5 nitrogen and oxygen atoms in total. The molecule has 1 aliphatic heterocycles. The van der Waals surface area contributed by atoms with Crippen molar-refractivity contribution in [3.63, 3.8) is 0 Å². The first-order valence-corrected chi connectivity index (χ1v) is 9.82. The fourth-order valence-electron chi connectivity index (χ4n) is 3.32. The van der Waals surface area contributed by atoms with Gasteiger partial charge in [-0.15, -0.1) is 0 Å². The zero-order chi connectivity index (χ0) is 18.8. The molecule has 2 aromatic heterocycles. The Labute approximate surface area is 167 Å². The minimum absolute atomic E-state index is 0.725. The van der Waals surface area contributed by atoms with Gasteiger partial charge in [0.25, 0.3) is 0 Å². The molecule has 0 radical (unpaired) electrons. The van der Waals surface area contributed by atoms with E-state index in [0.717, 1.165) is 53.8 Å². The van der Waals surface area contributed by atoms with Crippen LogP contribution in [0.3, 0.4) is 0 Å². The minimum Gasteiger partial charge on any atom is -0.438 e. The lowest BCUT2D eigenvalue weighted by molar-refractivity contribution is 0.120.